The number of halogens is 1. The first-order valence-electron chi connectivity index (χ1n) is 8.73. The minimum absolute atomic E-state index is 0.148. The molecule has 0 aliphatic heterocycles. The van der Waals surface area contributed by atoms with E-state index in [1.165, 1.54) is 25.5 Å². The Kier molecular flexibility index (Phi) is 5.94. The largest absolute Gasteiger partial charge is 0.315 e. The van der Waals surface area contributed by atoms with E-state index in [9.17, 15) is 8.42 Å². The molecule has 1 saturated carbocycles. The van der Waals surface area contributed by atoms with Gasteiger partial charge < -0.3 is 5.32 Å². The van der Waals surface area contributed by atoms with Crippen LogP contribution in [0.5, 0.6) is 0 Å². The van der Waals surface area contributed by atoms with Gasteiger partial charge in [0.1, 0.15) is 5.15 Å². The molecule has 1 fully saturated rings. The molecule has 1 atom stereocenters. The number of pyridine rings is 1. The Morgan fingerprint density at radius 3 is 2.68 bits per heavy atom. The van der Waals surface area contributed by atoms with Gasteiger partial charge in [0.15, 0.2) is 0 Å². The molecule has 0 radical (unpaired) electrons. The van der Waals surface area contributed by atoms with Crippen LogP contribution in [-0.4, -0.2) is 33.0 Å². The lowest BCUT2D eigenvalue weighted by Crippen LogP contribution is -2.44. The van der Waals surface area contributed by atoms with Gasteiger partial charge in [0.25, 0.3) is 0 Å². The van der Waals surface area contributed by atoms with Crippen LogP contribution in [0.15, 0.2) is 35.4 Å². The van der Waals surface area contributed by atoms with Crippen LogP contribution >= 0.6 is 11.6 Å². The molecule has 7 heteroatoms. The molecule has 1 aromatic carbocycles. The monoisotopic (exact) mass is 381 g/mol. The highest BCUT2D eigenvalue weighted by atomic mass is 35.5. The van der Waals surface area contributed by atoms with Gasteiger partial charge in [0.2, 0.25) is 10.0 Å². The van der Waals surface area contributed by atoms with E-state index in [1.54, 1.807) is 24.3 Å². The summed E-state index contributed by atoms with van der Waals surface area (Å²) in [4.78, 5) is 4.26. The van der Waals surface area contributed by atoms with E-state index in [2.05, 4.69) is 15.0 Å². The van der Waals surface area contributed by atoms with Crippen molar-refractivity contribution in [2.75, 3.05) is 13.6 Å². The van der Waals surface area contributed by atoms with Crippen LogP contribution < -0.4 is 10.0 Å². The van der Waals surface area contributed by atoms with Crippen molar-refractivity contribution in [2.45, 2.75) is 43.0 Å². The maximum atomic E-state index is 12.9. The number of nitrogens with zero attached hydrogens (tertiary/aromatic N) is 1. The average molecular weight is 382 g/mol. The highest BCUT2D eigenvalue weighted by Crippen LogP contribution is 2.28. The molecule has 1 aliphatic carbocycles. The molecule has 3 rings (SSSR count). The Morgan fingerprint density at radius 2 is 1.96 bits per heavy atom. The van der Waals surface area contributed by atoms with Crippen molar-refractivity contribution < 1.29 is 8.42 Å². The van der Waals surface area contributed by atoms with Gasteiger partial charge in [-0.25, -0.2) is 18.1 Å². The van der Waals surface area contributed by atoms with Crippen LogP contribution in [-0.2, 0) is 10.0 Å². The van der Waals surface area contributed by atoms with Crippen LogP contribution in [0.1, 0.15) is 32.1 Å². The number of sulfonamides is 1. The standard InChI is InChI=1S/C18H24ClN3O2S/c1-20-16(13-6-3-2-4-7-13)12-22-25(23,24)17-9-5-8-15-14(17)10-11-21-18(15)19/h5,8-11,13,16,20,22H,2-4,6-7,12H2,1H3. The van der Waals surface area contributed by atoms with Gasteiger partial charge in [-0.1, -0.05) is 43.0 Å². The predicted molar refractivity (Wildman–Crippen MR) is 101 cm³/mol. The third-order valence-corrected chi connectivity index (χ3v) is 6.87. The summed E-state index contributed by atoms with van der Waals surface area (Å²) < 4.78 is 28.5. The van der Waals surface area contributed by atoms with Crippen LogP contribution in [0.25, 0.3) is 10.8 Å². The lowest BCUT2D eigenvalue weighted by atomic mass is 9.84. The zero-order chi connectivity index (χ0) is 17.9. The van der Waals surface area contributed by atoms with Gasteiger partial charge in [-0.3, -0.25) is 0 Å². The molecule has 2 aromatic rings. The molecule has 0 spiro atoms. The number of benzene rings is 1. The summed E-state index contributed by atoms with van der Waals surface area (Å²) in [6.07, 6.45) is 7.58. The normalized spacial score (nSPS) is 17.7. The van der Waals surface area contributed by atoms with Crippen LogP contribution in [0, 0.1) is 5.92 Å². The van der Waals surface area contributed by atoms with Crippen molar-refractivity contribution in [3.63, 3.8) is 0 Å². The van der Waals surface area contributed by atoms with E-state index in [1.807, 2.05) is 7.05 Å². The summed E-state index contributed by atoms with van der Waals surface area (Å²) in [5, 5.41) is 4.83. The van der Waals surface area contributed by atoms with E-state index in [0.717, 1.165) is 12.8 Å². The minimum Gasteiger partial charge on any atom is -0.315 e. The van der Waals surface area contributed by atoms with Gasteiger partial charge in [-0.05, 0) is 37.9 Å². The fourth-order valence-corrected chi connectivity index (χ4v) is 5.20. The molecule has 1 aromatic heterocycles. The maximum absolute atomic E-state index is 12.9. The molecule has 1 heterocycles. The van der Waals surface area contributed by atoms with Crippen LogP contribution in [0.2, 0.25) is 5.15 Å². The Balaban J connectivity index is 1.81. The van der Waals surface area contributed by atoms with Crippen molar-refractivity contribution in [3.8, 4) is 0 Å². The Bertz CT molecular complexity index is 835. The van der Waals surface area contributed by atoms with Gasteiger partial charge in [0.05, 0.1) is 4.90 Å². The van der Waals surface area contributed by atoms with E-state index in [-0.39, 0.29) is 10.9 Å². The summed E-state index contributed by atoms with van der Waals surface area (Å²) in [5.41, 5.74) is 0. The molecule has 5 nitrogen and oxygen atoms in total. The van der Waals surface area contributed by atoms with Crippen molar-refractivity contribution in [1.82, 2.24) is 15.0 Å². The summed E-state index contributed by atoms with van der Waals surface area (Å²) in [6, 6.07) is 6.92. The number of fused-ring (bicyclic) bond motifs is 1. The molecule has 136 valence electrons. The van der Waals surface area contributed by atoms with E-state index in [4.69, 9.17) is 11.6 Å². The summed E-state index contributed by atoms with van der Waals surface area (Å²) in [5.74, 6) is 0.521. The number of rotatable bonds is 6. The predicted octanol–water partition coefficient (Wildman–Crippen LogP) is 3.33. The highest BCUT2D eigenvalue weighted by Gasteiger charge is 2.25. The molecule has 0 amide bonds. The molecule has 1 aliphatic rings. The zero-order valence-corrected chi connectivity index (χ0v) is 15.9. The fraction of sp³-hybridized carbons (Fsp3) is 0.500. The topological polar surface area (TPSA) is 71.1 Å². The highest BCUT2D eigenvalue weighted by molar-refractivity contribution is 7.89. The summed E-state index contributed by atoms with van der Waals surface area (Å²) in [7, 11) is -1.72. The molecule has 25 heavy (non-hydrogen) atoms. The number of nitrogens with one attached hydrogen (secondary N) is 2. The third-order valence-electron chi connectivity index (χ3n) is 5.09. The minimum atomic E-state index is -3.62. The Hall–Kier alpha value is -1.21. The quantitative estimate of drug-likeness (QED) is 0.753. The molecule has 1 unspecified atom stereocenters. The average Bonchev–Trinajstić information content (AvgIpc) is 2.63. The molecular weight excluding hydrogens is 358 g/mol. The van der Waals surface area contributed by atoms with Gasteiger partial charge in [-0.2, -0.15) is 0 Å². The van der Waals surface area contributed by atoms with Gasteiger partial charge >= 0.3 is 0 Å². The van der Waals surface area contributed by atoms with E-state index >= 15 is 0 Å². The summed E-state index contributed by atoms with van der Waals surface area (Å²) >= 11 is 6.09. The van der Waals surface area contributed by atoms with Crippen molar-refractivity contribution in [2.24, 2.45) is 5.92 Å². The molecule has 2 N–H and O–H groups in total. The Morgan fingerprint density at radius 1 is 1.20 bits per heavy atom. The third kappa shape index (κ3) is 4.14. The summed E-state index contributed by atoms with van der Waals surface area (Å²) in [6.45, 7) is 0.388. The van der Waals surface area contributed by atoms with Crippen LogP contribution in [0.4, 0.5) is 0 Å². The fourth-order valence-electron chi connectivity index (χ4n) is 3.70. The van der Waals surface area contributed by atoms with Crippen LogP contribution in [0.3, 0.4) is 0 Å². The smallest absolute Gasteiger partial charge is 0.241 e. The molecular formula is C18H24ClN3O2S. The second-order valence-electron chi connectivity index (χ2n) is 6.60. The van der Waals surface area contributed by atoms with E-state index < -0.39 is 10.0 Å². The van der Waals surface area contributed by atoms with Gasteiger partial charge in [-0.15, -0.1) is 0 Å². The zero-order valence-electron chi connectivity index (χ0n) is 14.3. The van der Waals surface area contributed by atoms with Crippen molar-refractivity contribution in [3.05, 3.63) is 35.6 Å². The first-order chi connectivity index (χ1) is 12.0. The van der Waals surface area contributed by atoms with Crippen molar-refractivity contribution in [1.29, 1.82) is 0 Å². The number of likely N-dealkylation sites (N-methyl/N-ethyl adjacent to an activating group) is 1. The van der Waals surface area contributed by atoms with Crippen molar-refractivity contribution >= 4 is 32.4 Å². The lowest BCUT2D eigenvalue weighted by Gasteiger charge is -2.30. The molecule has 0 saturated heterocycles. The second kappa shape index (κ2) is 7.99. The maximum Gasteiger partial charge on any atom is 0.241 e. The molecule has 0 bridgehead atoms. The number of hydrogen-bond donors (Lipinski definition) is 2. The Labute approximate surface area is 154 Å². The van der Waals surface area contributed by atoms with Gasteiger partial charge in [0, 0.05) is 29.6 Å². The first-order valence-corrected chi connectivity index (χ1v) is 10.6. The SMILES string of the molecule is CNC(CNS(=O)(=O)c1cccc2c(Cl)nccc12)C1CCCCC1. The lowest BCUT2D eigenvalue weighted by molar-refractivity contribution is 0.278. The second-order valence-corrected chi connectivity index (χ2v) is 8.69. The number of aromatic nitrogens is 1. The van der Waals surface area contributed by atoms with E-state index in [0.29, 0.717) is 28.4 Å². The number of hydrogen-bond acceptors (Lipinski definition) is 4. The first kappa shape index (κ1) is 18.6.